The van der Waals surface area contributed by atoms with E-state index >= 15 is 0 Å². The molecule has 1 unspecified atom stereocenters. The predicted octanol–water partition coefficient (Wildman–Crippen LogP) is 1.49. The first kappa shape index (κ1) is 19.2. The summed E-state index contributed by atoms with van der Waals surface area (Å²) in [5, 5.41) is 3.41. The van der Waals surface area contributed by atoms with Crippen LogP contribution in [0.15, 0.2) is 4.99 Å². The van der Waals surface area contributed by atoms with Crippen molar-refractivity contribution in [3.05, 3.63) is 0 Å². The lowest BCUT2D eigenvalue weighted by Crippen LogP contribution is -2.49. The van der Waals surface area contributed by atoms with Crippen molar-refractivity contribution in [2.45, 2.75) is 37.9 Å². The molecule has 0 aromatic carbocycles. The third kappa shape index (κ3) is 6.36. The van der Waals surface area contributed by atoms with E-state index in [1.807, 2.05) is 7.05 Å². The van der Waals surface area contributed by atoms with Gasteiger partial charge in [0.1, 0.15) is 0 Å². The van der Waals surface area contributed by atoms with Gasteiger partial charge in [-0.3, -0.25) is 4.99 Å². The van der Waals surface area contributed by atoms with Crippen molar-refractivity contribution in [3.63, 3.8) is 0 Å². The first-order valence-corrected chi connectivity index (χ1v) is 8.61. The van der Waals surface area contributed by atoms with Crippen LogP contribution in [0.5, 0.6) is 0 Å². The van der Waals surface area contributed by atoms with E-state index in [1.165, 1.54) is 12.8 Å². The minimum atomic E-state index is 0. The van der Waals surface area contributed by atoms with Gasteiger partial charge in [0.05, 0.1) is 32.0 Å². The molecule has 3 fully saturated rings. The van der Waals surface area contributed by atoms with Gasteiger partial charge in [0.2, 0.25) is 0 Å². The molecule has 1 atom stereocenters. The number of rotatable bonds is 5. The van der Waals surface area contributed by atoms with E-state index in [4.69, 9.17) is 14.2 Å². The van der Waals surface area contributed by atoms with Crippen molar-refractivity contribution >= 4 is 29.9 Å². The summed E-state index contributed by atoms with van der Waals surface area (Å²) in [7, 11) is 1.84. The third-order valence-electron chi connectivity index (χ3n) is 4.59. The standard InChI is InChI=1S/C16H29N3O3.HI/c1-17-16(18-10-15-12-20-8-9-21-15)19-6-4-14(5-7-19)22-11-13-2-3-13;/h13-15H,2-12H2,1H3,(H,17,18);1H. The van der Waals surface area contributed by atoms with Crippen molar-refractivity contribution in [2.24, 2.45) is 10.9 Å². The van der Waals surface area contributed by atoms with Crippen LogP contribution in [0.25, 0.3) is 0 Å². The Labute approximate surface area is 156 Å². The highest BCUT2D eigenvalue weighted by Gasteiger charge is 2.26. The summed E-state index contributed by atoms with van der Waals surface area (Å²) in [6.45, 7) is 5.81. The maximum absolute atomic E-state index is 6.00. The zero-order valence-corrected chi connectivity index (χ0v) is 16.4. The minimum absolute atomic E-state index is 0. The molecule has 0 amide bonds. The summed E-state index contributed by atoms with van der Waals surface area (Å²) in [5.41, 5.74) is 0. The molecule has 1 N–H and O–H groups in total. The highest BCUT2D eigenvalue weighted by atomic mass is 127. The molecule has 134 valence electrons. The van der Waals surface area contributed by atoms with Crippen LogP contribution in [0.1, 0.15) is 25.7 Å². The first-order valence-electron chi connectivity index (χ1n) is 8.61. The van der Waals surface area contributed by atoms with E-state index < -0.39 is 0 Å². The summed E-state index contributed by atoms with van der Waals surface area (Å²) in [6.07, 6.45) is 5.48. The van der Waals surface area contributed by atoms with Crippen LogP contribution < -0.4 is 5.32 Å². The molecule has 3 aliphatic rings. The van der Waals surface area contributed by atoms with Crippen LogP contribution in [0, 0.1) is 5.92 Å². The Hall–Kier alpha value is -0.120. The lowest BCUT2D eigenvalue weighted by molar-refractivity contribution is -0.0852. The van der Waals surface area contributed by atoms with Crippen molar-refractivity contribution in [3.8, 4) is 0 Å². The van der Waals surface area contributed by atoms with Crippen LogP contribution >= 0.6 is 24.0 Å². The van der Waals surface area contributed by atoms with E-state index in [1.54, 1.807) is 0 Å². The fraction of sp³-hybridized carbons (Fsp3) is 0.938. The largest absolute Gasteiger partial charge is 0.378 e. The average Bonchev–Trinajstić information content (AvgIpc) is 3.40. The van der Waals surface area contributed by atoms with E-state index in [-0.39, 0.29) is 30.1 Å². The summed E-state index contributed by atoms with van der Waals surface area (Å²) in [5.74, 6) is 1.82. The second-order valence-corrected chi connectivity index (χ2v) is 6.46. The van der Waals surface area contributed by atoms with Gasteiger partial charge in [0.25, 0.3) is 0 Å². The SMILES string of the molecule is CN=C(NCC1COCCO1)N1CCC(OCC2CC2)CC1.I. The molecule has 7 heteroatoms. The average molecular weight is 439 g/mol. The van der Waals surface area contributed by atoms with Crippen molar-refractivity contribution < 1.29 is 14.2 Å². The predicted molar refractivity (Wildman–Crippen MR) is 101 cm³/mol. The van der Waals surface area contributed by atoms with Crippen molar-refractivity contribution in [1.29, 1.82) is 0 Å². The molecule has 23 heavy (non-hydrogen) atoms. The second-order valence-electron chi connectivity index (χ2n) is 6.46. The molecule has 2 aliphatic heterocycles. The molecular formula is C16H30IN3O3. The zero-order valence-electron chi connectivity index (χ0n) is 14.0. The number of aliphatic imine (C=N–C) groups is 1. The van der Waals surface area contributed by atoms with E-state index in [0.29, 0.717) is 25.9 Å². The van der Waals surface area contributed by atoms with E-state index in [0.717, 1.165) is 51.0 Å². The molecule has 0 bridgehead atoms. The Morgan fingerprint density at radius 1 is 1.22 bits per heavy atom. The van der Waals surface area contributed by atoms with Gasteiger partial charge >= 0.3 is 0 Å². The zero-order chi connectivity index (χ0) is 15.2. The lowest BCUT2D eigenvalue weighted by Gasteiger charge is -2.35. The Morgan fingerprint density at radius 2 is 2.00 bits per heavy atom. The van der Waals surface area contributed by atoms with Crippen molar-refractivity contribution in [2.75, 3.05) is 53.1 Å². The lowest BCUT2D eigenvalue weighted by atomic mass is 10.1. The fourth-order valence-electron chi connectivity index (χ4n) is 2.98. The Morgan fingerprint density at radius 3 is 2.61 bits per heavy atom. The Kier molecular flexibility index (Phi) is 8.35. The smallest absolute Gasteiger partial charge is 0.193 e. The number of ether oxygens (including phenoxy) is 3. The molecule has 1 saturated carbocycles. The van der Waals surface area contributed by atoms with Gasteiger partial charge in [0, 0.05) is 33.3 Å². The minimum Gasteiger partial charge on any atom is -0.378 e. The first-order chi connectivity index (χ1) is 10.8. The van der Waals surface area contributed by atoms with Crippen LogP contribution in [0.2, 0.25) is 0 Å². The molecule has 0 radical (unpaired) electrons. The summed E-state index contributed by atoms with van der Waals surface area (Å²) >= 11 is 0. The van der Waals surface area contributed by atoms with Crippen LogP contribution in [-0.2, 0) is 14.2 Å². The Balaban J connectivity index is 0.00000192. The van der Waals surface area contributed by atoms with Gasteiger partial charge in [-0.2, -0.15) is 0 Å². The van der Waals surface area contributed by atoms with Crippen LogP contribution in [-0.4, -0.2) is 76.2 Å². The van der Waals surface area contributed by atoms with E-state index in [9.17, 15) is 0 Å². The topological polar surface area (TPSA) is 55.3 Å². The van der Waals surface area contributed by atoms with Crippen LogP contribution in [0.4, 0.5) is 0 Å². The molecule has 3 rings (SSSR count). The van der Waals surface area contributed by atoms with Gasteiger partial charge in [-0.1, -0.05) is 0 Å². The van der Waals surface area contributed by atoms with Crippen LogP contribution in [0.3, 0.4) is 0 Å². The normalized spacial score (nSPS) is 26.7. The number of nitrogens with one attached hydrogen (secondary N) is 1. The Bertz CT molecular complexity index is 366. The third-order valence-corrected chi connectivity index (χ3v) is 4.59. The maximum atomic E-state index is 6.00. The van der Waals surface area contributed by atoms with E-state index in [2.05, 4.69) is 15.2 Å². The maximum Gasteiger partial charge on any atom is 0.193 e. The molecule has 1 aliphatic carbocycles. The summed E-state index contributed by atoms with van der Waals surface area (Å²) in [4.78, 5) is 6.72. The molecular weight excluding hydrogens is 409 g/mol. The molecule has 0 aromatic heterocycles. The number of nitrogens with zero attached hydrogens (tertiary/aromatic N) is 2. The molecule has 0 spiro atoms. The number of hydrogen-bond acceptors (Lipinski definition) is 4. The highest BCUT2D eigenvalue weighted by molar-refractivity contribution is 14.0. The quantitative estimate of drug-likeness (QED) is 0.400. The monoisotopic (exact) mass is 439 g/mol. The summed E-state index contributed by atoms with van der Waals surface area (Å²) < 4.78 is 17.1. The van der Waals surface area contributed by atoms with Gasteiger partial charge in [-0.15, -0.1) is 24.0 Å². The number of halogens is 1. The number of hydrogen-bond donors (Lipinski definition) is 1. The number of likely N-dealkylation sites (tertiary alicyclic amines) is 1. The molecule has 6 nitrogen and oxygen atoms in total. The van der Waals surface area contributed by atoms with Gasteiger partial charge in [0.15, 0.2) is 5.96 Å². The van der Waals surface area contributed by atoms with Gasteiger partial charge in [-0.25, -0.2) is 0 Å². The fourth-order valence-corrected chi connectivity index (χ4v) is 2.98. The number of guanidine groups is 1. The van der Waals surface area contributed by atoms with Gasteiger partial charge in [-0.05, 0) is 31.6 Å². The molecule has 2 heterocycles. The molecule has 0 aromatic rings. The number of piperidine rings is 1. The summed E-state index contributed by atoms with van der Waals surface area (Å²) in [6, 6.07) is 0. The molecule has 2 saturated heterocycles. The highest BCUT2D eigenvalue weighted by Crippen LogP contribution is 2.30. The second kappa shape index (κ2) is 10.0. The van der Waals surface area contributed by atoms with Gasteiger partial charge < -0.3 is 24.4 Å². The van der Waals surface area contributed by atoms with Crippen molar-refractivity contribution in [1.82, 2.24) is 10.2 Å².